The van der Waals surface area contributed by atoms with E-state index in [1.54, 1.807) is 0 Å². The van der Waals surface area contributed by atoms with Crippen LogP contribution < -0.4 is 10.6 Å². The molecule has 0 bridgehead atoms. The molecule has 0 aliphatic rings. The van der Waals surface area contributed by atoms with Gasteiger partial charge < -0.3 is 0 Å². The highest BCUT2D eigenvalue weighted by atomic mass is 31.1. The van der Waals surface area contributed by atoms with Gasteiger partial charge in [-0.3, -0.25) is 0 Å². The van der Waals surface area contributed by atoms with Crippen molar-refractivity contribution >= 4 is 27.8 Å². The molecule has 1 unspecified atom stereocenters. The Labute approximate surface area is 183 Å². The third kappa shape index (κ3) is 4.32. The number of hydrogen-bond acceptors (Lipinski definition) is 0. The van der Waals surface area contributed by atoms with E-state index >= 15 is 0 Å². The lowest BCUT2D eigenvalue weighted by Crippen LogP contribution is -2.26. The molecule has 0 radical (unpaired) electrons. The summed E-state index contributed by atoms with van der Waals surface area (Å²) in [7, 11) is 2.59. The summed E-state index contributed by atoms with van der Waals surface area (Å²) in [5, 5.41) is 2.44. The average Bonchev–Trinajstić information content (AvgIpc) is 2.84. The van der Waals surface area contributed by atoms with Crippen molar-refractivity contribution in [2.45, 2.75) is 5.16 Å². The van der Waals surface area contributed by atoms with Gasteiger partial charge in [0.25, 0.3) is 0 Å². The quantitative estimate of drug-likeness (QED) is 0.235. The second-order valence-corrected chi connectivity index (χ2v) is 10.5. The molecular formula is C28H26P2. The first-order valence-electron chi connectivity index (χ1n) is 10.2. The number of benzene rings is 4. The van der Waals surface area contributed by atoms with Crippen LogP contribution in [0.1, 0.15) is 11.1 Å². The molecule has 2 heteroatoms. The Morgan fingerprint density at radius 3 is 1.30 bits per heavy atom. The van der Waals surface area contributed by atoms with Gasteiger partial charge in [0.05, 0.1) is 5.16 Å². The van der Waals surface area contributed by atoms with Crippen LogP contribution in [-0.4, -0.2) is 6.16 Å². The van der Waals surface area contributed by atoms with Crippen molar-refractivity contribution in [1.82, 2.24) is 0 Å². The van der Waals surface area contributed by atoms with Gasteiger partial charge >= 0.3 is 0 Å². The van der Waals surface area contributed by atoms with Crippen LogP contribution in [-0.2, 0) is 5.16 Å². The van der Waals surface area contributed by atoms with Crippen molar-refractivity contribution in [1.29, 1.82) is 0 Å². The van der Waals surface area contributed by atoms with Gasteiger partial charge in [-0.25, -0.2) is 0 Å². The highest BCUT2D eigenvalue weighted by Gasteiger charge is 2.33. The molecule has 4 aromatic carbocycles. The van der Waals surface area contributed by atoms with E-state index in [0.29, 0.717) is 0 Å². The third-order valence-electron chi connectivity index (χ3n) is 5.50. The van der Waals surface area contributed by atoms with Gasteiger partial charge in [0, 0.05) is 0 Å². The van der Waals surface area contributed by atoms with Gasteiger partial charge in [-0.2, -0.15) is 0 Å². The van der Waals surface area contributed by atoms with E-state index < -0.39 is 7.92 Å². The lowest BCUT2D eigenvalue weighted by molar-refractivity contribution is 0.877. The van der Waals surface area contributed by atoms with Crippen LogP contribution in [0.2, 0.25) is 0 Å². The van der Waals surface area contributed by atoms with Gasteiger partial charge in [0.2, 0.25) is 0 Å². The van der Waals surface area contributed by atoms with Crippen molar-refractivity contribution in [3.63, 3.8) is 0 Å². The molecule has 30 heavy (non-hydrogen) atoms. The third-order valence-corrected chi connectivity index (χ3v) is 9.12. The van der Waals surface area contributed by atoms with Gasteiger partial charge in [0.1, 0.15) is 0 Å². The molecule has 0 nitrogen and oxygen atoms in total. The van der Waals surface area contributed by atoms with Crippen molar-refractivity contribution < 1.29 is 0 Å². The minimum atomic E-state index is -0.548. The first kappa shape index (κ1) is 20.7. The zero-order valence-electron chi connectivity index (χ0n) is 17.0. The van der Waals surface area contributed by atoms with Crippen LogP contribution in [0.5, 0.6) is 0 Å². The van der Waals surface area contributed by atoms with Gasteiger partial charge in [-0.15, -0.1) is 9.24 Å². The minimum absolute atomic E-state index is 0.327. The van der Waals surface area contributed by atoms with Crippen molar-refractivity contribution in [3.05, 3.63) is 145 Å². The normalized spacial score (nSPS) is 11.4. The first-order valence-corrected chi connectivity index (χ1v) is 12.3. The van der Waals surface area contributed by atoms with Gasteiger partial charge in [-0.05, 0) is 35.8 Å². The molecule has 0 saturated carbocycles. The predicted octanol–water partition coefficient (Wildman–Crippen LogP) is 6.49. The monoisotopic (exact) mass is 424 g/mol. The summed E-state index contributed by atoms with van der Waals surface area (Å²) in [4.78, 5) is 0. The van der Waals surface area contributed by atoms with Crippen LogP contribution >= 0.6 is 17.2 Å². The maximum absolute atomic E-state index is 4.67. The second kappa shape index (κ2) is 9.53. The zero-order valence-corrected chi connectivity index (χ0v) is 19.0. The van der Waals surface area contributed by atoms with E-state index in [1.165, 1.54) is 27.3 Å². The van der Waals surface area contributed by atoms with Crippen LogP contribution in [0.15, 0.2) is 133 Å². The van der Waals surface area contributed by atoms with E-state index in [0.717, 1.165) is 6.16 Å². The molecular weight excluding hydrogens is 398 g/mol. The van der Waals surface area contributed by atoms with E-state index in [4.69, 9.17) is 0 Å². The Morgan fingerprint density at radius 1 is 0.600 bits per heavy atom. The largest absolute Gasteiger partial charge is 0.117 e. The maximum atomic E-state index is 4.67. The summed E-state index contributed by atoms with van der Waals surface area (Å²) in [5.74, 6) is 0. The smallest absolute Gasteiger partial charge is 0.0552 e. The fourth-order valence-corrected chi connectivity index (χ4v) is 6.86. The summed E-state index contributed by atoms with van der Waals surface area (Å²) in [6, 6.07) is 43.2. The average molecular weight is 424 g/mol. The van der Waals surface area contributed by atoms with Crippen LogP contribution in [0.4, 0.5) is 0 Å². The van der Waals surface area contributed by atoms with Crippen molar-refractivity contribution in [2.75, 3.05) is 6.16 Å². The Bertz CT molecular complexity index is 996. The lowest BCUT2D eigenvalue weighted by atomic mass is 9.85. The summed E-state index contributed by atoms with van der Waals surface area (Å²) < 4.78 is 0. The van der Waals surface area contributed by atoms with Gasteiger partial charge in [0.15, 0.2) is 0 Å². The van der Waals surface area contributed by atoms with Crippen molar-refractivity contribution in [2.24, 2.45) is 0 Å². The molecule has 4 rings (SSSR count). The molecule has 0 saturated heterocycles. The Morgan fingerprint density at radius 2 is 0.933 bits per heavy atom. The fraction of sp³-hybridized carbons (Fsp3) is 0.0714. The summed E-state index contributed by atoms with van der Waals surface area (Å²) in [6.45, 7) is 4.67. The molecule has 0 spiro atoms. The highest BCUT2D eigenvalue weighted by Crippen LogP contribution is 2.49. The molecule has 148 valence electrons. The second-order valence-electron chi connectivity index (χ2n) is 7.40. The number of allylic oxidation sites excluding steroid dienone is 1. The number of hydrogen-bond donors (Lipinski definition) is 0. The van der Waals surface area contributed by atoms with E-state index in [-0.39, 0.29) is 5.16 Å². The molecule has 0 heterocycles. The maximum Gasteiger partial charge on any atom is 0.0552 e. The Balaban J connectivity index is 1.77. The van der Waals surface area contributed by atoms with Gasteiger partial charge in [-0.1, -0.05) is 133 Å². The Kier molecular flexibility index (Phi) is 6.59. The summed E-state index contributed by atoms with van der Waals surface area (Å²) in [5.41, 5.74) is 3.72. The number of rotatable bonds is 7. The minimum Gasteiger partial charge on any atom is -0.117 e. The molecule has 0 aliphatic carbocycles. The molecule has 1 atom stereocenters. The predicted molar refractivity (Wildman–Crippen MR) is 136 cm³/mol. The standard InChI is InChI=1S/C28H26P2/c1-23(22-30(26-18-10-4-11-19-26)27-20-12-5-13-21-27)28(29,24-14-6-2-7-15-24)25-16-8-3-9-17-25/h2-21H,1,22,29H2. The van der Waals surface area contributed by atoms with E-state index in [2.05, 4.69) is 137 Å². The van der Waals surface area contributed by atoms with Crippen LogP contribution in [0, 0.1) is 0 Å². The van der Waals surface area contributed by atoms with E-state index in [1.807, 2.05) is 0 Å². The fourth-order valence-electron chi connectivity index (χ4n) is 3.84. The van der Waals surface area contributed by atoms with Crippen molar-refractivity contribution in [3.8, 4) is 0 Å². The molecule has 4 aromatic rings. The highest BCUT2D eigenvalue weighted by molar-refractivity contribution is 7.73. The summed E-state index contributed by atoms with van der Waals surface area (Å²) >= 11 is 0. The topological polar surface area (TPSA) is 0 Å². The molecule has 0 N–H and O–H groups in total. The zero-order chi connectivity index (χ0) is 20.8. The molecule has 0 aliphatic heterocycles. The SMILES string of the molecule is C=C(CP(c1ccccc1)c1ccccc1)C(P)(c1ccccc1)c1ccccc1. The summed E-state index contributed by atoms with van der Waals surface area (Å²) in [6.07, 6.45) is 0.927. The van der Waals surface area contributed by atoms with Crippen LogP contribution in [0.25, 0.3) is 0 Å². The molecule has 0 aromatic heterocycles. The Hall–Kier alpha value is -2.52. The van der Waals surface area contributed by atoms with Crippen LogP contribution in [0.3, 0.4) is 0 Å². The first-order chi connectivity index (χ1) is 14.7. The molecule has 0 amide bonds. The lowest BCUT2D eigenvalue weighted by Gasteiger charge is -2.35. The molecule has 0 fully saturated rings. The van der Waals surface area contributed by atoms with E-state index in [9.17, 15) is 0 Å².